The number of benzene rings is 1. The third-order valence-electron chi connectivity index (χ3n) is 3.53. The Hall–Kier alpha value is -1.88. The highest BCUT2D eigenvalue weighted by atomic mass is 32.2. The normalized spacial score (nSPS) is 11.5. The number of amides is 1. The molecule has 0 radical (unpaired) electrons. The molecule has 8 nitrogen and oxygen atoms in total. The third-order valence-corrected chi connectivity index (χ3v) is 5.94. The van der Waals surface area contributed by atoms with Gasteiger partial charge >= 0.3 is 0 Å². The molecule has 1 aromatic carbocycles. The molecule has 0 saturated carbocycles. The van der Waals surface area contributed by atoms with Crippen LogP contribution in [0.3, 0.4) is 0 Å². The number of nitrogens with two attached hydrogens (primary N) is 1. The summed E-state index contributed by atoms with van der Waals surface area (Å²) in [6, 6.07) is 6.08. The van der Waals surface area contributed by atoms with Crippen molar-refractivity contribution in [1.82, 2.24) is 9.88 Å². The van der Waals surface area contributed by atoms with E-state index in [1.807, 2.05) is 13.8 Å². The summed E-state index contributed by atoms with van der Waals surface area (Å²) < 4.78 is 31.7. The van der Waals surface area contributed by atoms with E-state index in [9.17, 15) is 13.2 Å². The van der Waals surface area contributed by atoms with E-state index in [0.29, 0.717) is 11.4 Å². The minimum atomic E-state index is -3.64. The molecule has 10 heteroatoms. The quantitative estimate of drug-likeness (QED) is 0.582. The lowest BCUT2D eigenvalue weighted by molar-refractivity contribution is -0.113. The van der Waals surface area contributed by atoms with E-state index in [1.54, 1.807) is 12.1 Å². The minimum Gasteiger partial charge on any atom is -0.361 e. The van der Waals surface area contributed by atoms with Crippen molar-refractivity contribution in [3.63, 3.8) is 0 Å². The van der Waals surface area contributed by atoms with Crippen LogP contribution in [0.25, 0.3) is 0 Å². The average Bonchev–Trinajstić information content (AvgIpc) is 2.92. The molecule has 0 atom stereocenters. The summed E-state index contributed by atoms with van der Waals surface area (Å²) in [5, 5.41) is 6.58. The van der Waals surface area contributed by atoms with Gasteiger partial charge in [-0.1, -0.05) is 11.2 Å². The van der Waals surface area contributed by atoms with Crippen LogP contribution in [0, 0.1) is 13.8 Å². The van der Waals surface area contributed by atoms with Gasteiger partial charge < -0.3 is 15.6 Å². The van der Waals surface area contributed by atoms with Gasteiger partial charge in [-0.05, 0) is 32.0 Å². The zero-order valence-electron chi connectivity index (χ0n) is 14.6. The van der Waals surface area contributed by atoms with Gasteiger partial charge in [0.25, 0.3) is 0 Å². The highest BCUT2D eigenvalue weighted by Crippen LogP contribution is 2.20. The summed E-state index contributed by atoms with van der Waals surface area (Å²) in [4.78, 5) is 12.2. The molecule has 0 bridgehead atoms. The fraction of sp³-hybridized carbons (Fsp3) is 0.375. The van der Waals surface area contributed by atoms with Crippen LogP contribution in [-0.2, 0) is 20.6 Å². The lowest BCUT2D eigenvalue weighted by Gasteiger charge is -2.09. The fourth-order valence-electron chi connectivity index (χ4n) is 2.17. The molecule has 0 aliphatic heterocycles. The topological polar surface area (TPSA) is 127 Å². The lowest BCUT2D eigenvalue weighted by Crippen LogP contribution is -2.29. The van der Waals surface area contributed by atoms with Gasteiger partial charge in [-0.2, -0.15) is 0 Å². The predicted molar refractivity (Wildman–Crippen MR) is 101 cm³/mol. The van der Waals surface area contributed by atoms with Gasteiger partial charge in [0.1, 0.15) is 5.76 Å². The van der Waals surface area contributed by atoms with Gasteiger partial charge in [0, 0.05) is 30.1 Å². The molecule has 0 unspecified atom stereocenters. The molecular formula is C16H22N4O4S2. The monoisotopic (exact) mass is 398 g/mol. The maximum absolute atomic E-state index is 12.1. The molecular weight excluding hydrogens is 376 g/mol. The van der Waals surface area contributed by atoms with Crippen LogP contribution in [0.15, 0.2) is 33.7 Å². The van der Waals surface area contributed by atoms with E-state index >= 15 is 0 Å². The number of aryl methyl sites for hydroxylation is 2. The van der Waals surface area contributed by atoms with E-state index in [1.165, 1.54) is 23.9 Å². The van der Waals surface area contributed by atoms with Crippen molar-refractivity contribution < 1.29 is 17.7 Å². The minimum absolute atomic E-state index is 0.0760. The number of aromatic nitrogens is 1. The third kappa shape index (κ3) is 5.56. The van der Waals surface area contributed by atoms with Gasteiger partial charge in [0.2, 0.25) is 15.9 Å². The van der Waals surface area contributed by atoms with Gasteiger partial charge in [-0.15, -0.1) is 11.8 Å². The molecule has 142 valence electrons. The number of nitrogens with one attached hydrogen (secondary N) is 2. The first-order valence-corrected chi connectivity index (χ1v) is 10.6. The van der Waals surface area contributed by atoms with Crippen molar-refractivity contribution in [3.8, 4) is 0 Å². The first-order valence-electron chi connectivity index (χ1n) is 7.92. The zero-order chi connectivity index (χ0) is 19.2. The molecule has 0 saturated heterocycles. The van der Waals surface area contributed by atoms with Crippen molar-refractivity contribution in [2.45, 2.75) is 24.5 Å². The number of anilines is 1. The van der Waals surface area contributed by atoms with E-state index in [2.05, 4.69) is 15.2 Å². The van der Waals surface area contributed by atoms with Gasteiger partial charge in [-0.3, -0.25) is 4.79 Å². The number of nitrogens with zero attached hydrogens (tertiary/aromatic N) is 1. The Morgan fingerprint density at radius 3 is 2.77 bits per heavy atom. The summed E-state index contributed by atoms with van der Waals surface area (Å²) in [6.07, 6.45) is 0. The Balaban J connectivity index is 1.92. The summed E-state index contributed by atoms with van der Waals surface area (Å²) in [5.74, 6) is 1.38. The largest absolute Gasteiger partial charge is 0.361 e. The molecule has 1 heterocycles. The van der Waals surface area contributed by atoms with Crippen molar-refractivity contribution >= 4 is 33.4 Å². The first kappa shape index (κ1) is 20.4. The average molecular weight is 399 g/mol. The molecule has 2 aromatic rings. The summed E-state index contributed by atoms with van der Waals surface area (Å²) in [7, 11) is -3.64. The van der Waals surface area contributed by atoms with Gasteiger partial charge in [0.15, 0.2) is 0 Å². The number of thioether (sulfide) groups is 1. The van der Waals surface area contributed by atoms with E-state index in [0.717, 1.165) is 17.0 Å². The Kier molecular flexibility index (Phi) is 7.21. The predicted octanol–water partition coefficient (Wildman–Crippen LogP) is 1.40. The summed E-state index contributed by atoms with van der Waals surface area (Å²) in [6.45, 7) is 4.05. The van der Waals surface area contributed by atoms with E-state index in [-0.39, 0.29) is 29.6 Å². The number of carbonyl (C=O) groups is 1. The fourth-order valence-corrected chi connectivity index (χ4v) is 4.24. The number of hydrogen-bond donors (Lipinski definition) is 3. The van der Waals surface area contributed by atoms with Crippen LogP contribution >= 0.6 is 11.8 Å². The molecule has 0 spiro atoms. The van der Waals surface area contributed by atoms with Crippen LogP contribution in [0.4, 0.5) is 5.69 Å². The maximum Gasteiger partial charge on any atom is 0.240 e. The first-order chi connectivity index (χ1) is 12.3. The van der Waals surface area contributed by atoms with Crippen molar-refractivity contribution in [3.05, 3.63) is 41.3 Å². The van der Waals surface area contributed by atoms with Crippen LogP contribution in [0.1, 0.15) is 17.0 Å². The SMILES string of the molecule is Cc1noc(C)c1CSCC(=O)Nc1cccc(S(=O)(=O)NCCN)c1. The zero-order valence-corrected chi connectivity index (χ0v) is 16.2. The van der Waals surface area contributed by atoms with Crippen molar-refractivity contribution in [2.24, 2.45) is 5.73 Å². The standard InChI is InChI=1S/C16H22N4O4S2/c1-11-15(12(2)24-20-11)9-25-10-16(21)19-13-4-3-5-14(8-13)26(22,23)18-7-6-17/h3-5,8,18H,6-7,9-10,17H2,1-2H3,(H,19,21). The Morgan fingerprint density at radius 2 is 2.12 bits per heavy atom. The number of carbonyl (C=O) groups excluding carboxylic acids is 1. The molecule has 0 fully saturated rings. The van der Waals surface area contributed by atoms with Crippen LogP contribution < -0.4 is 15.8 Å². The second-order valence-electron chi connectivity index (χ2n) is 5.56. The molecule has 0 aliphatic rings. The van der Waals surface area contributed by atoms with Crippen LogP contribution in [0.2, 0.25) is 0 Å². The molecule has 1 amide bonds. The smallest absolute Gasteiger partial charge is 0.240 e. The summed E-state index contributed by atoms with van der Waals surface area (Å²) >= 11 is 1.43. The van der Waals surface area contributed by atoms with Crippen LogP contribution in [0.5, 0.6) is 0 Å². The number of hydrogen-bond acceptors (Lipinski definition) is 7. The Labute approximate surface area is 156 Å². The Morgan fingerprint density at radius 1 is 1.35 bits per heavy atom. The molecule has 26 heavy (non-hydrogen) atoms. The van der Waals surface area contributed by atoms with E-state index in [4.69, 9.17) is 10.3 Å². The highest BCUT2D eigenvalue weighted by molar-refractivity contribution is 7.99. The second-order valence-corrected chi connectivity index (χ2v) is 8.31. The number of sulfonamides is 1. The van der Waals surface area contributed by atoms with E-state index < -0.39 is 10.0 Å². The second kappa shape index (κ2) is 9.17. The summed E-state index contributed by atoms with van der Waals surface area (Å²) in [5.41, 5.74) is 7.54. The molecule has 1 aromatic heterocycles. The maximum atomic E-state index is 12.1. The molecule has 0 aliphatic carbocycles. The highest BCUT2D eigenvalue weighted by Gasteiger charge is 2.14. The molecule has 2 rings (SSSR count). The van der Waals surface area contributed by atoms with Crippen molar-refractivity contribution in [1.29, 1.82) is 0 Å². The van der Waals surface area contributed by atoms with Crippen molar-refractivity contribution in [2.75, 3.05) is 24.2 Å². The number of rotatable bonds is 9. The van der Waals surface area contributed by atoms with Gasteiger partial charge in [0.05, 0.1) is 16.3 Å². The molecule has 4 N–H and O–H groups in total. The lowest BCUT2D eigenvalue weighted by atomic mass is 10.2. The van der Waals surface area contributed by atoms with Gasteiger partial charge in [-0.25, -0.2) is 13.1 Å². The Bertz CT molecular complexity index is 845. The van der Waals surface area contributed by atoms with Crippen LogP contribution in [-0.4, -0.2) is 38.3 Å².